The maximum Gasteiger partial charge on any atom is 0.143 e. The molecular formula is C48H33NO2. The lowest BCUT2D eigenvalue weighted by atomic mass is 9.92. The molecule has 0 saturated heterocycles. The van der Waals surface area contributed by atoms with Crippen LogP contribution in [0.2, 0.25) is 0 Å². The first kappa shape index (κ1) is 29.3. The van der Waals surface area contributed by atoms with Gasteiger partial charge in [0.25, 0.3) is 0 Å². The third-order valence-electron chi connectivity index (χ3n) is 10.2. The summed E-state index contributed by atoms with van der Waals surface area (Å²) < 4.78 is 12.8. The van der Waals surface area contributed by atoms with Crippen molar-refractivity contribution >= 4 is 60.9 Å². The van der Waals surface area contributed by atoms with Crippen LogP contribution in [0, 0.1) is 0 Å². The third-order valence-corrected chi connectivity index (χ3v) is 10.2. The Hall–Kier alpha value is -6.58. The predicted molar refractivity (Wildman–Crippen MR) is 212 cm³/mol. The van der Waals surface area contributed by atoms with Gasteiger partial charge in [0, 0.05) is 55.7 Å². The molecule has 2 heterocycles. The molecule has 1 aliphatic carbocycles. The van der Waals surface area contributed by atoms with E-state index in [2.05, 4.69) is 163 Å². The number of hydrogen-bond donors (Lipinski definition) is 0. The molecule has 3 nitrogen and oxygen atoms in total. The Morgan fingerprint density at radius 3 is 1.53 bits per heavy atom. The van der Waals surface area contributed by atoms with E-state index in [1.54, 1.807) is 0 Å². The molecule has 242 valence electrons. The molecule has 10 rings (SSSR count). The SMILES string of the molecule is C1=CCC(c2cccc(N(c3ccc(-c4cccc5c4oc4ccccc45)cc3)c3ccc(-c4cccc5c4oc4ccccc45)cc3)c2)C=C1. The Morgan fingerprint density at radius 2 is 0.980 bits per heavy atom. The van der Waals surface area contributed by atoms with E-state index >= 15 is 0 Å². The molecule has 0 saturated carbocycles. The van der Waals surface area contributed by atoms with Crippen molar-refractivity contribution in [3.8, 4) is 22.3 Å². The van der Waals surface area contributed by atoms with Crippen LogP contribution in [0.25, 0.3) is 66.1 Å². The largest absolute Gasteiger partial charge is 0.455 e. The second kappa shape index (κ2) is 12.1. The average Bonchev–Trinajstić information content (AvgIpc) is 3.78. The van der Waals surface area contributed by atoms with Crippen molar-refractivity contribution in [3.63, 3.8) is 0 Å². The van der Waals surface area contributed by atoms with Crippen LogP contribution in [-0.4, -0.2) is 0 Å². The number of benzene rings is 7. The minimum atomic E-state index is 0.357. The minimum Gasteiger partial charge on any atom is -0.455 e. The van der Waals surface area contributed by atoms with E-state index in [1.165, 1.54) is 5.56 Å². The van der Waals surface area contributed by atoms with Gasteiger partial charge in [0.05, 0.1) is 0 Å². The summed E-state index contributed by atoms with van der Waals surface area (Å²) >= 11 is 0. The van der Waals surface area contributed by atoms with Gasteiger partial charge >= 0.3 is 0 Å². The first-order valence-electron chi connectivity index (χ1n) is 17.5. The van der Waals surface area contributed by atoms with Gasteiger partial charge in [-0.2, -0.15) is 0 Å². The molecule has 0 spiro atoms. The maximum absolute atomic E-state index is 6.39. The second-order valence-corrected chi connectivity index (χ2v) is 13.2. The van der Waals surface area contributed by atoms with Crippen molar-refractivity contribution in [2.24, 2.45) is 0 Å². The van der Waals surface area contributed by atoms with Crippen molar-refractivity contribution in [2.45, 2.75) is 12.3 Å². The summed E-state index contributed by atoms with van der Waals surface area (Å²) in [6, 6.07) is 56.0. The van der Waals surface area contributed by atoms with Crippen LogP contribution in [0.3, 0.4) is 0 Å². The molecular weight excluding hydrogens is 623 g/mol. The summed E-state index contributed by atoms with van der Waals surface area (Å²) in [5, 5.41) is 4.55. The number of anilines is 3. The number of furan rings is 2. The number of fused-ring (bicyclic) bond motifs is 6. The average molecular weight is 656 g/mol. The Labute approximate surface area is 296 Å². The summed E-state index contributed by atoms with van der Waals surface area (Å²) in [5.74, 6) is 0.357. The lowest BCUT2D eigenvalue weighted by Crippen LogP contribution is -2.10. The van der Waals surface area contributed by atoms with E-state index in [0.29, 0.717) is 5.92 Å². The van der Waals surface area contributed by atoms with E-state index in [9.17, 15) is 0 Å². The Morgan fingerprint density at radius 1 is 0.451 bits per heavy atom. The summed E-state index contributed by atoms with van der Waals surface area (Å²) in [5.41, 5.74) is 12.6. The lowest BCUT2D eigenvalue weighted by molar-refractivity contribution is 0.669. The zero-order valence-corrected chi connectivity index (χ0v) is 27.9. The summed E-state index contributed by atoms with van der Waals surface area (Å²) in [7, 11) is 0. The molecule has 9 aromatic rings. The van der Waals surface area contributed by atoms with Gasteiger partial charge in [0.15, 0.2) is 0 Å². The van der Waals surface area contributed by atoms with E-state index in [4.69, 9.17) is 8.83 Å². The summed E-state index contributed by atoms with van der Waals surface area (Å²) in [4.78, 5) is 2.35. The third kappa shape index (κ3) is 5.05. The van der Waals surface area contributed by atoms with Crippen LogP contribution >= 0.6 is 0 Å². The van der Waals surface area contributed by atoms with Gasteiger partial charge in [0.1, 0.15) is 22.3 Å². The van der Waals surface area contributed by atoms with Crippen molar-refractivity contribution < 1.29 is 8.83 Å². The molecule has 0 bridgehead atoms. The topological polar surface area (TPSA) is 29.5 Å². The first-order valence-corrected chi connectivity index (χ1v) is 17.5. The zero-order chi connectivity index (χ0) is 33.7. The minimum absolute atomic E-state index is 0.357. The number of rotatable bonds is 6. The number of nitrogens with zero attached hydrogens (tertiary/aromatic N) is 1. The van der Waals surface area contributed by atoms with Gasteiger partial charge in [-0.3, -0.25) is 0 Å². The molecule has 7 aromatic carbocycles. The van der Waals surface area contributed by atoms with Gasteiger partial charge < -0.3 is 13.7 Å². The predicted octanol–water partition coefficient (Wildman–Crippen LogP) is 13.9. The highest BCUT2D eigenvalue weighted by Crippen LogP contribution is 2.41. The van der Waals surface area contributed by atoms with Crippen LogP contribution in [0.15, 0.2) is 191 Å². The quantitative estimate of drug-likeness (QED) is 0.179. The lowest BCUT2D eigenvalue weighted by Gasteiger charge is -2.27. The van der Waals surface area contributed by atoms with Gasteiger partial charge in [-0.05, 0) is 71.6 Å². The second-order valence-electron chi connectivity index (χ2n) is 13.2. The normalized spacial score (nSPS) is 14.2. The van der Waals surface area contributed by atoms with Crippen LogP contribution in [0.1, 0.15) is 17.9 Å². The molecule has 0 amide bonds. The fraction of sp³-hybridized carbons (Fsp3) is 0.0417. The standard InChI is InChI=1S/C48H33NO2/c1-2-11-32(12-3-1)35-13-8-14-38(31-35)49(36-27-23-33(24-28-36)39-17-9-19-43-41-15-4-6-21-45(41)50-47(39)43)37-29-25-34(26-30-37)40-18-10-20-44-42-16-5-7-22-46(42)51-48(40)44/h1-11,13-32H,12H2. The smallest absolute Gasteiger partial charge is 0.143 e. The van der Waals surface area contributed by atoms with Crippen LogP contribution in [0.5, 0.6) is 0 Å². The highest BCUT2D eigenvalue weighted by Gasteiger charge is 2.18. The number of hydrogen-bond acceptors (Lipinski definition) is 3. The van der Waals surface area contributed by atoms with E-state index in [-0.39, 0.29) is 0 Å². The number of allylic oxidation sites excluding steroid dienone is 4. The molecule has 1 aliphatic rings. The molecule has 0 aliphatic heterocycles. The highest BCUT2D eigenvalue weighted by atomic mass is 16.3. The van der Waals surface area contributed by atoms with E-state index in [0.717, 1.165) is 89.6 Å². The number of para-hydroxylation sites is 4. The Balaban J connectivity index is 1.06. The summed E-state index contributed by atoms with van der Waals surface area (Å²) in [6.07, 6.45) is 9.83. The fourth-order valence-electron chi connectivity index (χ4n) is 7.70. The van der Waals surface area contributed by atoms with Crippen molar-refractivity contribution in [1.29, 1.82) is 0 Å². The van der Waals surface area contributed by atoms with Gasteiger partial charge in [-0.1, -0.05) is 133 Å². The van der Waals surface area contributed by atoms with Crippen molar-refractivity contribution in [3.05, 3.63) is 188 Å². The van der Waals surface area contributed by atoms with Gasteiger partial charge in [-0.15, -0.1) is 0 Å². The Bertz CT molecular complexity index is 2620. The van der Waals surface area contributed by atoms with E-state index < -0.39 is 0 Å². The first-order chi connectivity index (χ1) is 25.3. The zero-order valence-electron chi connectivity index (χ0n) is 27.9. The maximum atomic E-state index is 6.39. The molecule has 0 fully saturated rings. The van der Waals surface area contributed by atoms with Crippen molar-refractivity contribution in [1.82, 2.24) is 0 Å². The Kier molecular flexibility index (Phi) is 6.95. The summed E-state index contributed by atoms with van der Waals surface area (Å²) in [6.45, 7) is 0. The monoisotopic (exact) mass is 655 g/mol. The molecule has 1 atom stereocenters. The van der Waals surface area contributed by atoms with Crippen LogP contribution < -0.4 is 4.90 Å². The molecule has 1 unspecified atom stereocenters. The molecule has 2 aromatic heterocycles. The van der Waals surface area contributed by atoms with E-state index in [1.807, 2.05) is 24.3 Å². The molecule has 3 heteroatoms. The molecule has 0 N–H and O–H groups in total. The molecule has 51 heavy (non-hydrogen) atoms. The van der Waals surface area contributed by atoms with Crippen molar-refractivity contribution in [2.75, 3.05) is 4.90 Å². The fourth-order valence-corrected chi connectivity index (χ4v) is 7.70. The van der Waals surface area contributed by atoms with Gasteiger partial charge in [-0.25, -0.2) is 0 Å². The van der Waals surface area contributed by atoms with Gasteiger partial charge in [0.2, 0.25) is 0 Å². The van der Waals surface area contributed by atoms with Crippen LogP contribution in [0.4, 0.5) is 17.1 Å². The molecule has 0 radical (unpaired) electrons. The highest BCUT2D eigenvalue weighted by molar-refractivity contribution is 6.10. The van der Waals surface area contributed by atoms with Crippen LogP contribution in [-0.2, 0) is 0 Å².